The first kappa shape index (κ1) is 23.1. The van der Waals surface area contributed by atoms with Gasteiger partial charge in [-0.3, -0.25) is 4.99 Å². The zero-order valence-corrected chi connectivity index (χ0v) is 15.7. The molecule has 0 saturated carbocycles. The number of aliphatic carboxylic acids is 1. The van der Waals surface area contributed by atoms with Gasteiger partial charge in [0.1, 0.15) is 5.71 Å². The van der Waals surface area contributed by atoms with E-state index in [9.17, 15) is 23.1 Å². The molecule has 0 spiro atoms. The molecule has 1 rings (SSSR count). The number of carboxylic acid groups (broad SMARTS) is 1. The maximum absolute atomic E-state index is 12.5. The Hall–Kier alpha value is -0.214. The van der Waals surface area contributed by atoms with Crippen LogP contribution in [-0.2, 0) is 4.79 Å². The van der Waals surface area contributed by atoms with Gasteiger partial charge < -0.3 is 9.90 Å². The van der Waals surface area contributed by atoms with Crippen molar-refractivity contribution in [2.45, 2.75) is 26.9 Å². The summed E-state index contributed by atoms with van der Waals surface area (Å²) < 4.78 is 37.5. The first-order valence-electron chi connectivity index (χ1n) is 6.01. The third kappa shape index (κ3) is 12.1. The molecule has 0 N–H and O–H groups in total. The van der Waals surface area contributed by atoms with Crippen molar-refractivity contribution in [1.82, 2.24) is 0 Å². The van der Waals surface area contributed by atoms with Gasteiger partial charge in [0.2, 0.25) is 0 Å². The molecule has 0 fully saturated rings. The zero-order chi connectivity index (χ0) is 15.8. The summed E-state index contributed by atoms with van der Waals surface area (Å²) in [4.78, 5) is 13.1. The molecule has 0 saturated heterocycles. The van der Waals surface area contributed by atoms with Crippen LogP contribution in [0.4, 0.5) is 13.2 Å². The summed E-state index contributed by atoms with van der Waals surface area (Å²) in [6.07, 6.45) is -4.68. The van der Waals surface area contributed by atoms with E-state index in [1.807, 2.05) is 0 Å². The van der Waals surface area contributed by atoms with Crippen LogP contribution in [0.25, 0.3) is 0 Å². The monoisotopic (exact) mass is 327 g/mol. The molecule has 0 bridgehead atoms. The fraction of sp³-hybridized carbons (Fsp3) is 0.429. The Balaban J connectivity index is 0. The van der Waals surface area contributed by atoms with Gasteiger partial charge in [-0.25, -0.2) is 0 Å². The standard InChI is InChI=1S/C10H8F3NO2.C4H10.K/c11-10(12,13)9(14-6-8(15)16)7-4-2-1-3-5-7;1-4(2)3;/h1-5H,6H2,(H,15,16);4H,1-3H3;/q;;+1/p-1. The molecule has 0 aromatic heterocycles. The Morgan fingerprint density at radius 1 is 1.19 bits per heavy atom. The molecule has 1 aromatic rings. The summed E-state index contributed by atoms with van der Waals surface area (Å²) in [5.74, 6) is -0.822. The number of benzene rings is 1. The van der Waals surface area contributed by atoms with E-state index < -0.39 is 24.4 Å². The van der Waals surface area contributed by atoms with Crippen LogP contribution in [0.1, 0.15) is 26.3 Å². The number of carbonyl (C=O) groups is 1. The number of hydrogen-bond acceptors (Lipinski definition) is 3. The molecule has 3 nitrogen and oxygen atoms in total. The van der Waals surface area contributed by atoms with Gasteiger partial charge in [0.25, 0.3) is 0 Å². The Morgan fingerprint density at radius 3 is 1.95 bits per heavy atom. The van der Waals surface area contributed by atoms with Crippen LogP contribution in [-0.4, -0.2) is 24.4 Å². The van der Waals surface area contributed by atoms with Gasteiger partial charge in [-0.15, -0.1) is 0 Å². The maximum Gasteiger partial charge on any atom is 1.00 e. The molecule has 0 aliphatic rings. The molecule has 0 unspecified atom stereocenters. The fourth-order valence-electron chi connectivity index (χ4n) is 1.08. The van der Waals surface area contributed by atoms with Gasteiger partial charge in [-0.05, 0) is 5.92 Å². The number of rotatable bonds is 3. The number of hydrogen-bond donors (Lipinski definition) is 0. The van der Waals surface area contributed by atoms with Crippen LogP contribution >= 0.6 is 0 Å². The van der Waals surface area contributed by atoms with E-state index in [1.54, 1.807) is 6.07 Å². The maximum atomic E-state index is 12.5. The summed E-state index contributed by atoms with van der Waals surface area (Å²) in [6.45, 7) is 5.49. The van der Waals surface area contributed by atoms with Crippen molar-refractivity contribution < 1.29 is 74.5 Å². The quantitative estimate of drug-likeness (QED) is 0.553. The van der Waals surface area contributed by atoms with E-state index in [2.05, 4.69) is 25.8 Å². The minimum absolute atomic E-state index is 0. The van der Waals surface area contributed by atoms with Crippen LogP contribution in [0.3, 0.4) is 0 Å². The predicted molar refractivity (Wildman–Crippen MR) is 69.4 cm³/mol. The van der Waals surface area contributed by atoms with Crippen molar-refractivity contribution in [3.05, 3.63) is 35.9 Å². The van der Waals surface area contributed by atoms with Crippen LogP contribution in [0, 0.1) is 5.92 Å². The fourth-order valence-corrected chi connectivity index (χ4v) is 1.08. The van der Waals surface area contributed by atoms with E-state index in [0.29, 0.717) is 0 Å². The second-order valence-corrected chi connectivity index (χ2v) is 4.63. The van der Waals surface area contributed by atoms with Crippen molar-refractivity contribution >= 4 is 11.7 Å². The van der Waals surface area contributed by atoms with Crippen LogP contribution in [0.15, 0.2) is 35.3 Å². The van der Waals surface area contributed by atoms with E-state index in [-0.39, 0.29) is 56.9 Å². The number of alkyl halides is 3. The zero-order valence-electron chi connectivity index (χ0n) is 12.6. The van der Waals surface area contributed by atoms with Gasteiger partial charge in [0.15, 0.2) is 0 Å². The van der Waals surface area contributed by atoms with E-state index >= 15 is 0 Å². The third-order valence-corrected chi connectivity index (χ3v) is 1.68. The first-order valence-corrected chi connectivity index (χ1v) is 6.01. The molecule has 0 aliphatic heterocycles. The smallest absolute Gasteiger partial charge is 0.548 e. The second kappa shape index (κ2) is 11.4. The average Bonchev–Trinajstić information content (AvgIpc) is 2.27. The molecule has 0 heterocycles. The van der Waals surface area contributed by atoms with Crippen molar-refractivity contribution in [3.8, 4) is 0 Å². The number of nitrogens with zero attached hydrogens (tertiary/aromatic N) is 1. The normalized spacial score (nSPS) is 11.3. The Labute approximate surface area is 165 Å². The summed E-state index contributed by atoms with van der Waals surface area (Å²) in [7, 11) is 0. The first-order chi connectivity index (χ1) is 9.14. The third-order valence-electron chi connectivity index (χ3n) is 1.68. The number of aliphatic imine (C=N–C) groups is 1. The summed E-state index contributed by atoms with van der Waals surface area (Å²) in [5, 5.41) is 10.1. The van der Waals surface area contributed by atoms with E-state index in [4.69, 9.17) is 0 Å². The van der Waals surface area contributed by atoms with Crippen molar-refractivity contribution in [1.29, 1.82) is 0 Å². The van der Waals surface area contributed by atoms with Gasteiger partial charge in [-0.1, -0.05) is 51.1 Å². The van der Waals surface area contributed by atoms with Gasteiger partial charge in [-0.2, -0.15) is 13.2 Å². The Bertz CT molecular complexity index is 443. The topological polar surface area (TPSA) is 52.5 Å². The van der Waals surface area contributed by atoms with Gasteiger partial charge >= 0.3 is 57.6 Å². The molecule has 112 valence electrons. The van der Waals surface area contributed by atoms with Crippen molar-refractivity contribution in [2.24, 2.45) is 10.9 Å². The molecule has 0 radical (unpaired) electrons. The molecular weight excluding hydrogens is 310 g/mol. The molecule has 1 aromatic carbocycles. The van der Waals surface area contributed by atoms with Crippen molar-refractivity contribution in [3.63, 3.8) is 0 Å². The summed E-state index contributed by atoms with van der Waals surface area (Å²) >= 11 is 0. The molecule has 7 heteroatoms. The number of carboxylic acids is 1. The minimum Gasteiger partial charge on any atom is -0.548 e. The molecular formula is C14H17F3KNO2. The molecule has 0 atom stereocenters. The number of carbonyl (C=O) groups excluding carboxylic acids is 1. The van der Waals surface area contributed by atoms with E-state index in [1.165, 1.54) is 24.3 Å². The van der Waals surface area contributed by atoms with Crippen LogP contribution in [0.2, 0.25) is 0 Å². The average molecular weight is 327 g/mol. The minimum atomic E-state index is -4.68. The molecule has 0 amide bonds. The van der Waals surface area contributed by atoms with Crippen LogP contribution in [0.5, 0.6) is 0 Å². The van der Waals surface area contributed by atoms with Gasteiger partial charge in [0.05, 0.1) is 12.5 Å². The SMILES string of the molecule is CC(C)C.O=C([O-])CN=C(c1ccccc1)C(F)(F)F.[K+]. The largest absolute Gasteiger partial charge is 1.00 e. The Morgan fingerprint density at radius 2 is 1.62 bits per heavy atom. The summed E-state index contributed by atoms with van der Waals surface area (Å²) in [5.41, 5.74) is -1.38. The predicted octanol–water partition coefficient (Wildman–Crippen LogP) is -0.546. The number of halogens is 3. The van der Waals surface area contributed by atoms with E-state index in [0.717, 1.165) is 5.92 Å². The molecule has 0 aliphatic carbocycles. The second-order valence-electron chi connectivity index (χ2n) is 4.63. The van der Waals surface area contributed by atoms with Crippen molar-refractivity contribution in [2.75, 3.05) is 6.54 Å². The summed E-state index contributed by atoms with van der Waals surface area (Å²) in [6, 6.07) is 6.80. The Kier molecular flexibility index (Phi) is 12.5. The van der Waals surface area contributed by atoms with Crippen LogP contribution < -0.4 is 56.5 Å². The van der Waals surface area contributed by atoms with Gasteiger partial charge in [0, 0.05) is 5.56 Å². The molecule has 21 heavy (non-hydrogen) atoms.